The lowest BCUT2D eigenvalue weighted by Gasteiger charge is -2.08. The average Bonchev–Trinajstić information content (AvgIpc) is 2.42. The van der Waals surface area contributed by atoms with E-state index in [1.54, 1.807) is 12.4 Å². The van der Waals surface area contributed by atoms with Crippen LogP contribution in [0.2, 0.25) is 0 Å². The molecule has 5 heteroatoms. The Morgan fingerprint density at radius 2 is 1.95 bits per heavy atom. The Hall–Kier alpha value is -2.14. The zero-order valence-electron chi connectivity index (χ0n) is 10.4. The van der Waals surface area contributed by atoms with Crippen LogP contribution < -0.4 is 5.73 Å². The largest absolute Gasteiger partial charge is 0.397 e. The maximum atomic E-state index is 6.03. The van der Waals surface area contributed by atoms with E-state index in [0.29, 0.717) is 10.8 Å². The normalized spacial score (nSPS) is 10.8. The fourth-order valence-corrected chi connectivity index (χ4v) is 2.75. The van der Waals surface area contributed by atoms with E-state index in [2.05, 4.69) is 15.0 Å². The van der Waals surface area contributed by atoms with Gasteiger partial charge in [0.25, 0.3) is 0 Å². The molecule has 2 heterocycles. The van der Waals surface area contributed by atoms with Crippen molar-refractivity contribution >= 4 is 28.4 Å². The third-order valence-corrected chi connectivity index (χ3v) is 3.76. The third-order valence-electron chi connectivity index (χ3n) is 2.72. The van der Waals surface area contributed by atoms with Crippen LogP contribution in [-0.2, 0) is 0 Å². The number of aromatic nitrogens is 3. The number of nitrogens with two attached hydrogens (primary N) is 1. The van der Waals surface area contributed by atoms with Crippen molar-refractivity contribution in [2.45, 2.75) is 17.0 Å². The zero-order valence-corrected chi connectivity index (χ0v) is 11.2. The van der Waals surface area contributed by atoms with Gasteiger partial charge in [-0.3, -0.25) is 4.98 Å². The van der Waals surface area contributed by atoms with Gasteiger partial charge in [0.2, 0.25) is 0 Å². The van der Waals surface area contributed by atoms with Crippen LogP contribution in [0.5, 0.6) is 0 Å². The number of pyridine rings is 1. The van der Waals surface area contributed by atoms with Crippen molar-refractivity contribution in [1.82, 2.24) is 15.0 Å². The van der Waals surface area contributed by atoms with E-state index in [9.17, 15) is 0 Å². The predicted molar refractivity (Wildman–Crippen MR) is 77.0 cm³/mol. The Bertz CT molecular complexity index is 742. The molecule has 0 unspecified atom stereocenters. The summed E-state index contributed by atoms with van der Waals surface area (Å²) in [6.07, 6.45) is 3.44. The first-order valence-corrected chi connectivity index (χ1v) is 6.66. The molecule has 4 nitrogen and oxygen atoms in total. The van der Waals surface area contributed by atoms with E-state index in [1.165, 1.54) is 11.8 Å². The fraction of sp³-hybridized carbons (Fsp3) is 0.0714. The monoisotopic (exact) mass is 268 g/mol. The van der Waals surface area contributed by atoms with Crippen LogP contribution in [0.1, 0.15) is 5.69 Å². The second-order valence-corrected chi connectivity index (χ2v) is 5.12. The van der Waals surface area contributed by atoms with E-state index in [0.717, 1.165) is 21.5 Å². The van der Waals surface area contributed by atoms with Crippen LogP contribution in [-0.4, -0.2) is 15.0 Å². The quantitative estimate of drug-likeness (QED) is 0.724. The predicted octanol–water partition coefficient (Wildman–Crippen LogP) is 3.07. The van der Waals surface area contributed by atoms with Crippen molar-refractivity contribution in [3.05, 3.63) is 48.4 Å². The van der Waals surface area contributed by atoms with Crippen LogP contribution in [0, 0.1) is 6.92 Å². The summed E-state index contributed by atoms with van der Waals surface area (Å²) >= 11 is 1.47. The molecule has 1 aromatic carbocycles. The summed E-state index contributed by atoms with van der Waals surface area (Å²) in [5.41, 5.74) is 8.54. The molecule has 3 rings (SSSR count). The fourth-order valence-electron chi connectivity index (χ4n) is 1.81. The van der Waals surface area contributed by atoms with Gasteiger partial charge in [0, 0.05) is 22.2 Å². The summed E-state index contributed by atoms with van der Waals surface area (Å²) in [7, 11) is 0. The van der Waals surface area contributed by atoms with Gasteiger partial charge in [-0.15, -0.1) is 0 Å². The maximum absolute atomic E-state index is 6.03. The van der Waals surface area contributed by atoms with Gasteiger partial charge in [0.05, 0.1) is 17.4 Å². The van der Waals surface area contributed by atoms with Crippen molar-refractivity contribution in [2.75, 3.05) is 5.73 Å². The minimum Gasteiger partial charge on any atom is -0.397 e. The van der Waals surface area contributed by atoms with Crippen LogP contribution in [0.15, 0.2) is 52.8 Å². The first-order chi connectivity index (χ1) is 9.24. The highest BCUT2D eigenvalue weighted by Crippen LogP contribution is 2.35. The molecule has 0 aliphatic carbocycles. The summed E-state index contributed by atoms with van der Waals surface area (Å²) in [6.45, 7) is 1.94. The second kappa shape index (κ2) is 4.85. The molecule has 0 saturated heterocycles. The minimum atomic E-state index is 0.647. The Balaban J connectivity index is 2.12. The Kier molecular flexibility index (Phi) is 3.05. The average molecular weight is 268 g/mol. The SMILES string of the molecule is Cc1ccnc(Sc2c(N)cnc3ccccc23)n1. The van der Waals surface area contributed by atoms with Crippen molar-refractivity contribution in [2.24, 2.45) is 0 Å². The van der Waals surface area contributed by atoms with Gasteiger partial charge in [0.1, 0.15) is 0 Å². The number of fused-ring (bicyclic) bond motifs is 1. The highest BCUT2D eigenvalue weighted by atomic mass is 32.2. The summed E-state index contributed by atoms with van der Waals surface area (Å²) in [5.74, 6) is 0. The maximum Gasteiger partial charge on any atom is 0.192 e. The molecule has 0 atom stereocenters. The van der Waals surface area contributed by atoms with E-state index in [-0.39, 0.29) is 0 Å². The molecule has 2 N–H and O–H groups in total. The number of hydrogen-bond acceptors (Lipinski definition) is 5. The number of para-hydroxylation sites is 1. The summed E-state index contributed by atoms with van der Waals surface area (Å²) in [5, 5.41) is 1.72. The Morgan fingerprint density at radius 1 is 1.11 bits per heavy atom. The highest BCUT2D eigenvalue weighted by Gasteiger charge is 2.09. The number of aryl methyl sites for hydroxylation is 1. The molecule has 19 heavy (non-hydrogen) atoms. The van der Waals surface area contributed by atoms with Gasteiger partial charge in [-0.05, 0) is 30.8 Å². The van der Waals surface area contributed by atoms with Crippen molar-refractivity contribution < 1.29 is 0 Å². The molecule has 3 aromatic rings. The lowest BCUT2D eigenvalue weighted by molar-refractivity contribution is 0.933. The lowest BCUT2D eigenvalue weighted by Crippen LogP contribution is -1.94. The van der Waals surface area contributed by atoms with Crippen molar-refractivity contribution in [1.29, 1.82) is 0 Å². The van der Waals surface area contributed by atoms with E-state index < -0.39 is 0 Å². The first-order valence-electron chi connectivity index (χ1n) is 5.85. The van der Waals surface area contributed by atoms with Gasteiger partial charge in [-0.25, -0.2) is 9.97 Å². The molecule has 0 aliphatic rings. The Labute approximate surface area is 115 Å². The minimum absolute atomic E-state index is 0.647. The molecular weight excluding hydrogens is 256 g/mol. The zero-order chi connectivity index (χ0) is 13.2. The van der Waals surface area contributed by atoms with Crippen LogP contribution in [0.3, 0.4) is 0 Å². The van der Waals surface area contributed by atoms with Gasteiger partial charge >= 0.3 is 0 Å². The standard InChI is InChI=1S/C14H12N4S/c1-9-6-7-16-14(18-9)19-13-10-4-2-3-5-12(10)17-8-11(13)15/h2-8H,15H2,1H3. The molecule has 0 aliphatic heterocycles. The number of nitrogens with zero attached hydrogens (tertiary/aromatic N) is 3. The molecule has 0 amide bonds. The van der Waals surface area contributed by atoms with Gasteiger partial charge in [-0.1, -0.05) is 18.2 Å². The number of hydrogen-bond donors (Lipinski definition) is 1. The first kappa shape index (κ1) is 11.9. The molecule has 0 fully saturated rings. The smallest absolute Gasteiger partial charge is 0.192 e. The van der Waals surface area contributed by atoms with Crippen LogP contribution in [0.4, 0.5) is 5.69 Å². The molecule has 0 radical (unpaired) electrons. The topological polar surface area (TPSA) is 64.7 Å². The summed E-state index contributed by atoms with van der Waals surface area (Å²) < 4.78 is 0. The number of anilines is 1. The number of rotatable bonds is 2. The second-order valence-electron chi connectivity index (χ2n) is 4.14. The summed E-state index contributed by atoms with van der Waals surface area (Å²) in [4.78, 5) is 13.9. The number of nitrogen functional groups attached to an aromatic ring is 1. The molecule has 0 bridgehead atoms. The van der Waals surface area contributed by atoms with Gasteiger partial charge < -0.3 is 5.73 Å². The van der Waals surface area contributed by atoms with Crippen molar-refractivity contribution in [3.8, 4) is 0 Å². The van der Waals surface area contributed by atoms with E-state index in [4.69, 9.17) is 5.73 Å². The van der Waals surface area contributed by atoms with E-state index >= 15 is 0 Å². The molecule has 2 aromatic heterocycles. The summed E-state index contributed by atoms with van der Waals surface area (Å²) in [6, 6.07) is 9.79. The van der Waals surface area contributed by atoms with Gasteiger partial charge in [0.15, 0.2) is 5.16 Å². The van der Waals surface area contributed by atoms with Crippen LogP contribution >= 0.6 is 11.8 Å². The van der Waals surface area contributed by atoms with Gasteiger partial charge in [-0.2, -0.15) is 0 Å². The molecule has 94 valence electrons. The molecular formula is C14H12N4S. The lowest BCUT2D eigenvalue weighted by atomic mass is 10.2. The highest BCUT2D eigenvalue weighted by molar-refractivity contribution is 7.99. The Morgan fingerprint density at radius 3 is 2.79 bits per heavy atom. The van der Waals surface area contributed by atoms with Crippen LogP contribution in [0.25, 0.3) is 10.9 Å². The molecule has 0 spiro atoms. The third kappa shape index (κ3) is 2.37. The molecule has 0 saturated carbocycles. The van der Waals surface area contributed by atoms with E-state index in [1.807, 2.05) is 37.3 Å². The van der Waals surface area contributed by atoms with Crippen molar-refractivity contribution in [3.63, 3.8) is 0 Å². The number of benzene rings is 1.